The molecule has 1 saturated carbocycles. The second kappa shape index (κ2) is 4.97. The van der Waals surface area contributed by atoms with Crippen LogP contribution >= 0.6 is 31.9 Å². The molecule has 5 heteroatoms. The van der Waals surface area contributed by atoms with Crippen LogP contribution < -0.4 is 4.74 Å². The van der Waals surface area contributed by atoms with Crippen molar-refractivity contribution in [3.63, 3.8) is 0 Å². The molecule has 1 aliphatic carbocycles. The second-order valence-electron chi connectivity index (χ2n) is 4.19. The fourth-order valence-corrected chi connectivity index (χ4v) is 2.37. The number of ether oxygens (including phenoxy) is 1. The molecule has 3 nitrogen and oxygen atoms in total. The van der Waals surface area contributed by atoms with E-state index in [0.717, 1.165) is 20.6 Å². The van der Waals surface area contributed by atoms with Gasteiger partial charge in [0.25, 0.3) is 0 Å². The van der Waals surface area contributed by atoms with Crippen molar-refractivity contribution < 1.29 is 4.74 Å². The van der Waals surface area contributed by atoms with Gasteiger partial charge >= 0.3 is 0 Å². The Morgan fingerprint density at radius 1 is 1.11 bits per heavy atom. The Kier molecular flexibility index (Phi) is 3.35. The van der Waals surface area contributed by atoms with Gasteiger partial charge in [-0.15, -0.1) is 0 Å². The SMILES string of the molecule is Brc1cc(Oc2ccccc2Br)nc(C2CC2)n1. The van der Waals surface area contributed by atoms with Gasteiger partial charge < -0.3 is 4.74 Å². The number of nitrogens with zero attached hydrogens (tertiary/aromatic N) is 2. The van der Waals surface area contributed by atoms with Crippen molar-refractivity contribution >= 4 is 31.9 Å². The molecule has 1 heterocycles. The smallest absolute Gasteiger partial charge is 0.223 e. The quantitative estimate of drug-likeness (QED) is 0.737. The van der Waals surface area contributed by atoms with E-state index in [1.807, 2.05) is 24.3 Å². The van der Waals surface area contributed by atoms with Crippen molar-refractivity contribution in [2.24, 2.45) is 0 Å². The Morgan fingerprint density at radius 3 is 2.61 bits per heavy atom. The topological polar surface area (TPSA) is 35.0 Å². The number of aromatic nitrogens is 2. The minimum absolute atomic E-state index is 0.504. The zero-order valence-electron chi connectivity index (χ0n) is 9.44. The lowest BCUT2D eigenvalue weighted by Gasteiger charge is -2.08. The van der Waals surface area contributed by atoms with Gasteiger partial charge in [0, 0.05) is 12.0 Å². The minimum atomic E-state index is 0.504. The number of para-hydroxylation sites is 1. The number of halogens is 2. The molecule has 1 aromatic heterocycles. The fourth-order valence-electron chi connectivity index (χ4n) is 1.63. The molecule has 0 bridgehead atoms. The van der Waals surface area contributed by atoms with E-state index in [1.165, 1.54) is 12.8 Å². The molecule has 0 N–H and O–H groups in total. The number of benzene rings is 1. The predicted molar refractivity (Wildman–Crippen MR) is 75.9 cm³/mol. The van der Waals surface area contributed by atoms with Gasteiger partial charge in [0.2, 0.25) is 5.88 Å². The van der Waals surface area contributed by atoms with E-state index in [2.05, 4.69) is 41.8 Å². The van der Waals surface area contributed by atoms with Gasteiger partial charge in [-0.1, -0.05) is 12.1 Å². The highest BCUT2D eigenvalue weighted by Crippen LogP contribution is 2.39. The highest BCUT2D eigenvalue weighted by molar-refractivity contribution is 9.10. The maximum absolute atomic E-state index is 5.78. The predicted octanol–water partition coefficient (Wildman–Crippen LogP) is 4.67. The van der Waals surface area contributed by atoms with Crippen molar-refractivity contribution in [1.82, 2.24) is 9.97 Å². The summed E-state index contributed by atoms with van der Waals surface area (Å²) in [6.07, 6.45) is 2.34. The molecule has 2 aromatic rings. The molecule has 0 saturated heterocycles. The van der Waals surface area contributed by atoms with Crippen LogP contribution in [0.25, 0.3) is 0 Å². The lowest BCUT2D eigenvalue weighted by atomic mass is 10.3. The molecule has 0 spiro atoms. The summed E-state index contributed by atoms with van der Waals surface area (Å²) < 4.78 is 7.46. The Morgan fingerprint density at radius 2 is 1.89 bits per heavy atom. The van der Waals surface area contributed by atoms with Crippen molar-refractivity contribution in [3.05, 3.63) is 45.2 Å². The summed E-state index contributed by atoms with van der Waals surface area (Å²) in [6.45, 7) is 0. The molecule has 1 fully saturated rings. The van der Waals surface area contributed by atoms with Gasteiger partial charge in [0.15, 0.2) is 0 Å². The molecular weight excluding hydrogens is 360 g/mol. The van der Waals surface area contributed by atoms with E-state index in [4.69, 9.17) is 4.74 Å². The van der Waals surface area contributed by atoms with Gasteiger partial charge in [-0.25, -0.2) is 4.98 Å². The molecule has 3 rings (SSSR count). The van der Waals surface area contributed by atoms with Crippen LogP contribution in [0, 0.1) is 0 Å². The molecule has 0 aliphatic heterocycles. The molecule has 0 radical (unpaired) electrons. The van der Waals surface area contributed by atoms with Gasteiger partial charge in [-0.05, 0) is 56.8 Å². The number of hydrogen-bond acceptors (Lipinski definition) is 3. The minimum Gasteiger partial charge on any atom is -0.438 e. The molecule has 0 atom stereocenters. The van der Waals surface area contributed by atoms with E-state index < -0.39 is 0 Å². The number of rotatable bonds is 3. The van der Waals surface area contributed by atoms with Gasteiger partial charge in [0.1, 0.15) is 16.2 Å². The van der Waals surface area contributed by atoms with E-state index in [9.17, 15) is 0 Å². The first-order valence-corrected chi connectivity index (χ1v) is 7.28. The van der Waals surface area contributed by atoms with Crippen molar-refractivity contribution in [3.8, 4) is 11.6 Å². The number of hydrogen-bond donors (Lipinski definition) is 0. The summed E-state index contributed by atoms with van der Waals surface area (Å²) in [5.74, 6) is 2.70. The average Bonchev–Trinajstić information content (AvgIpc) is 3.15. The molecular formula is C13H10Br2N2O. The third kappa shape index (κ3) is 2.72. The van der Waals surface area contributed by atoms with Gasteiger partial charge in [0.05, 0.1) is 4.47 Å². The lowest BCUT2D eigenvalue weighted by molar-refractivity contribution is 0.455. The van der Waals surface area contributed by atoms with Crippen LogP contribution in [-0.4, -0.2) is 9.97 Å². The van der Waals surface area contributed by atoms with Gasteiger partial charge in [-0.2, -0.15) is 4.98 Å². The van der Waals surface area contributed by atoms with Crippen molar-refractivity contribution in [2.45, 2.75) is 18.8 Å². The highest BCUT2D eigenvalue weighted by Gasteiger charge is 2.27. The standard InChI is InChI=1S/C13H10Br2N2O/c14-9-3-1-2-4-10(9)18-12-7-11(15)16-13(17-12)8-5-6-8/h1-4,7-8H,5-6H2. The summed E-state index contributed by atoms with van der Waals surface area (Å²) >= 11 is 6.85. The van der Waals surface area contributed by atoms with Crippen molar-refractivity contribution in [2.75, 3.05) is 0 Å². The van der Waals surface area contributed by atoms with Crippen molar-refractivity contribution in [1.29, 1.82) is 0 Å². The Hall–Kier alpha value is -0.940. The maximum atomic E-state index is 5.78. The molecule has 0 unspecified atom stereocenters. The summed E-state index contributed by atoms with van der Waals surface area (Å²) in [6, 6.07) is 9.50. The van der Waals surface area contributed by atoms with E-state index in [0.29, 0.717) is 11.8 Å². The first-order valence-electron chi connectivity index (χ1n) is 5.69. The molecule has 1 aliphatic rings. The van der Waals surface area contributed by atoms with Crippen LogP contribution in [0.1, 0.15) is 24.6 Å². The van der Waals surface area contributed by atoms with E-state index in [1.54, 1.807) is 6.07 Å². The molecule has 18 heavy (non-hydrogen) atoms. The molecule has 0 amide bonds. The zero-order chi connectivity index (χ0) is 12.5. The first kappa shape index (κ1) is 12.1. The average molecular weight is 370 g/mol. The van der Waals surface area contributed by atoms with Crippen LogP contribution in [0.15, 0.2) is 39.4 Å². The van der Waals surface area contributed by atoms with E-state index >= 15 is 0 Å². The van der Waals surface area contributed by atoms with Crippen LogP contribution in [0.3, 0.4) is 0 Å². The van der Waals surface area contributed by atoms with Crippen LogP contribution in [0.4, 0.5) is 0 Å². The van der Waals surface area contributed by atoms with Crippen LogP contribution in [0.5, 0.6) is 11.6 Å². The highest BCUT2D eigenvalue weighted by atomic mass is 79.9. The summed E-state index contributed by atoms with van der Waals surface area (Å²) in [5.41, 5.74) is 0. The Bertz CT molecular complexity index is 585. The fraction of sp³-hybridized carbons (Fsp3) is 0.231. The zero-order valence-corrected chi connectivity index (χ0v) is 12.6. The maximum Gasteiger partial charge on any atom is 0.223 e. The summed E-state index contributed by atoms with van der Waals surface area (Å²) in [4.78, 5) is 8.82. The normalized spacial score (nSPS) is 14.6. The van der Waals surface area contributed by atoms with Gasteiger partial charge in [-0.3, -0.25) is 0 Å². The lowest BCUT2D eigenvalue weighted by Crippen LogP contribution is -1.96. The third-order valence-corrected chi connectivity index (χ3v) is 3.74. The van der Waals surface area contributed by atoms with Crippen LogP contribution in [-0.2, 0) is 0 Å². The third-order valence-electron chi connectivity index (χ3n) is 2.68. The van der Waals surface area contributed by atoms with E-state index in [-0.39, 0.29) is 0 Å². The molecule has 92 valence electrons. The Balaban J connectivity index is 1.90. The summed E-state index contributed by atoms with van der Waals surface area (Å²) in [5, 5.41) is 0. The van der Waals surface area contributed by atoms with Crippen LogP contribution in [0.2, 0.25) is 0 Å². The molecule has 1 aromatic carbocycles. The largest absolute Gasteiger partial charge is 0.438 e. The monoisotopic (exact) mass is 368 g/mol. The first-order chi connectivity index (χ1) is 8.72. The second-order valence-corrected chi connectivity index (χ2v) is 5.86. The summed E-state index contributed by atoms with van der Waals surface area (Å²) in [7, 11) is 0. The Labute approximate surface area is 122 Å².